The van der Waals surface area contributed by atoms with Gasteiger partial charge in [0.15, 0.2) is 4.77 Å². The van der Waals surface area contributed by atoms with E-state index in [-0.39, 0.29) is 0 Å². The van der Waals surface area contributed by atoms with Gasteiger partial charge >= 0.3 is 0 Å². The van der Waals surface area contributed by atoms with Gasteiger partial charge in [-0.2, -0.15) is 0 Å². The molecule has 0 aliphatic heterocycles. The average molecular weight is 190 g/mol. The highest BCUT2D eigenvalue weighted by Gasteiger charge is 1.98. The first kappa shape index (κ1) is 8.26. The Morgan fingerprint density at radius 1 is 1.38 bits per heavy atom. The molecule has 0 saturated carbocycles. The van der Waals surface area contributed by atoms with Gasteiger partial charge in [0.25, 0.3) is 0 Å². The lowest BCUT2D eigenvalue weighted by atomic mass is 10.3. The van der Waals surface area contributed by atoms with E-state index < -0.39 is 0 Å². The predicted molar refractivity (Wildman–Crippen MR) is 58.1 cm³/mol. The molecular formula is C10H10N2S. The van der Waals surface area contributed by atoms with Gasteiger partial charge in [-0.1, -0.05) is 18.2 Å². The van der Waals surface area contributed by atoms with E-state index in [1.54, 1.807) is 0 Å². The summed E-state index contributed by atoms with van der Waals surface area (Å²) in [5, 5.41) is 0. The van der Waals surface area contributed by atoms with Crippen LogP contribution in [0.25, 0.3) is 17.2 Å². The van der Waals surface area contributed by atoms with Crippen LogP contribution in [0.3, 0.4) is 0 Å². The van der Waals surface area contributed by atoms with Gasteiger partial charge in [0.2, 0.25) is 0 Å². The van der Waals surface area contributed by atoms with Crippen LogP contribution in [0.1, 0.15) is 6.92 Å². The number of hydrogen-bond donors (Lipinski definition) is 1. The molecule has 0 atom stereocenters. The van der Waals surface area contributed by atoms with E-state index in [0.717, 1.165) is 15.8 Å². The van der Waals surface area contributed by atoms with Crippen LogP contribution >= 0.6 is 12.2 Å². The molecule has 0 fully saturated rings. The second-order valence-electron chi connectivity index (χ2n) is 2.80. The molecule has 1 heterocycles. The molecule has 0 amide bonds. The van der Waals surface area contributed by atoms with Crippen molar-refractivity contribution in [3.05, 3.63) is 35.1 Å². The van der Waals surface area contributed by atoms with E-state index in [4.69, 9.17) is 12.2 Å². The fourth-order valence-electron chi connectivity index (χ4n) is 1.37. The summed E-state index contributed by atoms with van der Waals surface area (Å²) >= 11 is 5.17. The Labute approximate surface area is 81.5 Å². The minimum absolute atomic E-state index is 0.735. The molecule has 0 aliphatic rings. The Morgan fingerprint density at radius 2 is 2.15 bits per heavy atom. The second-order valence-corrected chi connectivity index (χ2v) is 3.19. The number of aromatic nitrogens is 2. The van der Waals surface area contributed by atoms with E-state index in [0.29, 0.717) is 0 Å². The minimum atomic E-state index is 0.735. The van der Waals surface area contributed by atoms with Crippen molar-refractivity contribution in [3.8, 4) is 0 Å². The van der Waals surface area contributed by atoms with Crippen molar-refractivity contribution in [2.45, 2.75) is 6.92 Å². The fraction of sp³-hybridized carbons (Fsp3) is 0.100. The smallest absolute Gasteiger partial charge is 0.182 e. The van der Waals surface area contributed by atoms with Gasteiger partial charge < -0.3 is 4.98 Å². The maximum atomic E-state index is 5.17. The zero-order valence-electron chi connectivity index (χ0n) is 7.32. The number of hydrogen-bond acceptors (Lipinski definition) is 1. The number of H-pyrrole nitrogens is 1. The topological polar surface area (TPSA) is 20.7 Å². The first-order chi connectivity index (χ1) is 6.33. The number of imidazole rings is 1. The summed E-state index contributed by atoms with van der Waals surface area (Å²) in [5.74, 6) is 0. The van der Waals surface area contributed by atoms with Gasteiger partial charge in [-0.25, -0.2) is 0 Å². The first-order valence-corrected chi connectivity index (χ1v) is 4.56. The lowest BCUT2D eigenvalue weighted by molar-refractivity contribution is 1.14. The summed E-state index contributed by atoms with van der Waals surface area (Å²) in [6, 6.07) is 8.06. The van der Waals surface area contributed by atoms with Crippen molar-refractivity contribution < 1.29 is 0 Å². The molecule has 0 saturated heterocycles. The number of benzene rings is 1. The first-order valence-electron chi connectivity index (χ1n) is 4.15. The molecule has 0 spiro atoms. The summed E-state index contributed by atoms with van der Waals surface area (Å²) < 4.78 is 2.70. The Morgan fingerprint density at radius 3 is 2.92 bits per heavy atom. The molecule has 1 aromatic carbocycles. The molecule has 2 nitrogen and oxygen atoms in total. The van der Waals surface area contributed by atoms with Gasteiger partial charge in [-0.3, -0.25) is 4.57 Å². The third-order valence-corrected chi connectivity index (χ3v) is 2.22. The van der Waals surface area contributed by atoms with Gasteiger partial charge in [0.05, 0.1) is 11.0 Å². The molecule has 1 N–H and O–H groups in total. The normalized spacial score (nSPS) is 11.5. The van der Waals surface area contributed by atoms with Crippen molar-refractivity contribution in [1.82, 2.24) is 9.55 Å². The van der Waals surface area contributed by atoms with Gasteiger partial charge in [-0.15, -0.1) is 0 Å². The van der Waals surface area contributed by atoms with Crippen molar-refractivity contribution in [2.24, 2.45) is 0 Å². The summed E-state index contributed by atoms with van der Waals surface area (Å²) in [6.07, 6.45) is 3.93. The fourth-order valence-corrected chi connectivity index (χ4v) is 1.64. The third-order valence-electron chi connectivity index (χ3n) is 1.92. The van der Waals surface area contributed by atoms with Gasteiger partial charge in [0.1, 0.15) is 0 Å². The lowest BCUT2D eigenvalue weighted by Crippen LogP contribution is -1.83. The summed E-state index contributed by atoms with van der Waals surface area (Å²) in [5.41, 5.74) is 2.19. The highest BCUT2D eigenvalue weighted by atomic mass is 32.1. The molecule has 0 aliphatic carbocycles. The van der Waals surface area contributed by atoms with Crippen LogP contribution in [0.2, 0.25) is 0 Å². The second kappa shape index (κ2) is 3.18. The zero-order chi connectivity index (χ0) is 9.26. The SMILES string of the molecule is CC=Cn1c(=S)[nH]c2ccccc21. The number of rotatable bonds is 1. The summed E-state index contributed by atoms with van der Waals surface area (Å²) in [4.78, 5) is 3.14. The molecule has 0 bridgehead atoms. The van der Waals surface area contributed by atoms with E-state index in [9.17, 15) is 0 Å². The van der Waals surface area contributed by atoms with Crippen molar-refractivity contribution in [1.29, 1.82) is 0 Å². The van der Waals surface area contributed by atoms with Crippen molar-refractivity contribution in [2.75, 3.05) is 0 Å². The van der Waals surface area contributed by atoms with E-state index in [1.807, 2.05) is 48.0 Å². The molecule has 66 valence electrons. The third kappa shape index (κ3) is 1.31. The molecule has 1 aromatic heterocycles. The number of allylic oxidation sites excluding steroid dienone is 1. The lowest BCUT2D eigenvalue weighted by Gasteiger charge is -1.93. The van der Waals surface area contributed by atoms with Crippen LogP contribution in [0.5, 0.6) is 0 Å². The molecule has 0 unspecified atom stereocenters. The molecule has 13 heavy (non-hydrogen) atoms. The van der Waals surface area contributed by atoms with Crippen LogP contribution in [0, 0.1) is 4.77 Å². The standard InChI is InChI=1S/C10H10N2S/c1-2-7-12-9-6-4-3-5-8(9)11-10(12)13/h2-7H,1H3,(H,11,13). The number of nitrogens with one attached hydrogen (secondary N) is 1. The summed E-state index contributed by atoms with van der Waals surface area (Å²) in [6.45, 7) is 1.98. The zero-order valence-corrected chi connectivity index (χ0v) is 8.14. The van der Waals surface area contributed by atoms with E-state index in [1.165, 1.54) is 0 Å². The largest absolute Gasteiger partial charge is 0.330 e. The number of para-hydroxylation sites is 2. The van der Waals surface area contributed by atoms with Crippen molar-refractivity contribution in [3.63, 3.8) is 0 Å². The maximum absolute atomic E-state index is 5.17. The van der Waals surface area contributed by atoms with Crippen LogP contribution in [-0.4, -0.2) is 9.55 Å². The van der Waals surface area contributed by atoms with Gasteiger partial charge in [-0.05, 0) is 31.3 Å². The molecule has 2 rings (SSSR count). The van der Waals surface area contributed by atoms with Crippen molar-refractivity contribution >= 4 is 29.5 Å². The minimum Gasteiger partial charge on any atom is -0.330 e. The Balaban J connectivity index is 2.86. The van der Waals surface area contributed by atoms with Crippen LogP contribution < -0.4 is 0 Å². The molecule has 2 aromatic rings. The van der Waals surface area contributed by atoms with E-state index in [2.05, 4.69) is 4.98 Å². The monoisotopic (exact) mass is 190 g/mol. The summed E-state index contributed by atoms with van der Waals surface area (Å²) in [7, 11) is 0. The quantitative estimate of drug-likeness (QED) is 0.685. The van der Waals surface area contributed by atoms with Crippen LogP contribution in [0.15, 0.2) is 30.3 Å². The van der Waals surface area contributed by atoms with Crippen LogP contribution in [0.4, 0.5) is 0 Å². The predicted octanol–water partition coefficient (Wildman–Crippen LogP) is 3.19. The number of fused-ring (bicyclic) bond motifs is 1. The number of nitrogens with zero attached hydrogens (tertiary/aromatic N) is 1. The Kier molecular flexibility index (Phi) is 2.02. The molecular weight excluding hydrogens is 180 g/mol. The van der Waals surface area contributed by atoms with Gasteiger partial charge in [0, 0.05) is 6.20 Å². The Bertz CT molecular complexity index is 505. The molecule has 0 radical (unpaired) electrons. The average Bonchev–Trinajstić information content (AvgIpc) is 2.44. The van der Waals surface area contributed by atoms with E-state index >= 15 is 0 Å². The molecule has 3 heteroatoms. The van der Waals surface area contributed by atoms with Crippen LogP contribution in [-0.2, 0) is 0 Å². The highest BCUT2D eigenvalue weighted by molar-refractivity contribution is 7.71. The number of aromatic amines is 1. The highest BCUT2D eigenvalue weighted by Crippen LogP contribution is 2.13. The Hall–Kier alpha value is -1.35. The maximum Gasteiger partial charge on any atom is 0.182 e.